The van der Waals surface area contributed by atoms with E-state index in [0.717, 1.165) is 30.6 Å². The number of rotatable bonds is 3. The zero-order chi connectivity index (χ0) is 15.5. The molecule has 23 heavy (non-hydrogen) atoms. The maximum Gasteiger partial charge on any atom is 0.251 e. The van der Waals surface area contributed by atoms with Crippen LogP contribution in [-0.4, -0.2) is 28.5 Å². The molecule has 2 heterocycles. The summed E-state index contributed by atoms with van der Waals surface area (Å²) in [6.45, 7) is 2.67. The lowest BCUT2D eigenvalue weighted by atomic mass is 10.1. The van der Waals surface area contributed by atoms with Crippen LogP contribution in [0, 0.1) is 6.92 Å². The van der Waals surface area contributed by atoms with E-state index in [4.69, 9.17) is 0 Å². The highest BCUT2D eigenvalue weighted by molar-refractivity contribution is 5.95. The molecule has 0 saturated carbocycles. The van der Waals surface area contributed by atoms with Crippen molar-refractivity contribution < 1.29 is 4.79 Å². The molecule has 1 amide bonds. The van der Waals surface area contributed by atoms with Crippen LogP contribution in [0.25, 0.3) is 11.4 Å². The molecule has 1 aliphatic heterocycles. The van der Waals surface area contributed by atoms with Crippen LogP contribution < -0.4 is 16.2 Å². The third kappa shape index (κ3) is 4.18. The van der Waals surface area contributed by atoms with Gasteiger partial charge in [0.15, 0.2) is 0 Å². The lowest BCUT2D eigenvalue weighted by Crippen LogP contribution is -2.35. The minimum Gasteiger partial charge on any atom is -0.325 e. The van der Waals surface area contributed by atoms with E-state index in [9.17, 15) is 9.59 Å². The van der Waals surface area contributed by atoms with E-state index in [-0.39, 0.29) is 29.9 Å². The number of H-pyrrole nitrogens is 1. The van der Waals surface area contributed by atoms with Gasteiger partial charge in [-0.1, -0.05) is 0 Å². The molecule has 1 fully saturated rings. The maximum atomic E-state index is 12.0. The number of aryl methyl sites for hydroxylation is 1. The number of anilines is 1. The fraction of sp³-hybridized carbons (Fsp3) is 0.312. The van der Waals surface area contributed by atoms with Crippen molar-refractivity contribution in [2.45, 2.75) is 25.8 Å². The summed E-state index contributed by atoms with van der Waals surface area (Å²) in [5, 5.41) is 6.06. The van der Waals surface area contributed by atoms with Gasteiger partial charge >= 0.3 is 0 Å². The molecule has 1 aromatic carbocycles. The van der Waals surface area contributed by atoms with Gasteiger partial charge in [0.25, 0.3) is 5.56 Å². The van der Waals surface area contributed by atoms with Crippen LogP contribution in [0.1, 0.15) is 18.5 Å². The molecule has 2 aromatic rings. The SMILES string of the molecule is Cc1cc(=O)[nH]c(-c2ccc(NC(=O)C3CCCN3)cc2)n1.Cl. The highest BCUT2D eigenvalue weighted by Gasteiger charge is 2.21. The average Bonchev–Trinajstić information content (AvgIpc) is 3.01. The molecule has 3 N–H and O–H groups in total. The topological polar surface area (TPSA) is 86.9 Å². The number of halogens is 1. The Balaban J connectivity index is 0.00000192. The zero-order valence-corrected chi connectivity index (χ0v) is 13.6. The molecule has 0 spiro atoms. The molecule has 122 valence electrons. The molecule has 1 unspecified atom stereocenters. The van der Waals surface area contributed by atoms with Gasteiger partial charge in [-0.05, 0) is 50.6 Å². The Bertz CT molecular complexity index is 736. The first kappa shape index (κ1) is 17.2. The van der Waals surface area contributed by atoms with Crippen molar-refractivity contribution in [1.29, 1.82) is 0 Å². The molecular formula is C16H19ClN4O2. The predicted molar refractivity (Wildman–Crippen MR) is 91.9 cm³/mol. The van der Waals surface area contributed by atoms with E-state index in [1.54, 1.807) is 6.92 Å². The van der Waals surface area contributed by atoms with Gasteiger partial charge < -0.3 is 15.6 Å². The van der Waals surface area contributed by atoms with E-state index >= 15 is 0 Å². The van der Waals surface area contributed by atoms with Gasteiger partial charge in [-0.25, -0.2) is 4.98 Å². The van der Waals surface area contributed by atoms with Crippen LogP contribution in [-0.2, 0) is 4.79 Å². The van der Waals surface area contributed by atoms with Gasteiger partial charge in [0, 0.05) is 23.0 Å². The van der Waals surface area contributed by atoms with Crippen molar-refractivity contribution in [3.63, 3.8) is 0 Å². The third-order valence-corrected chi connectivity index (χ3v) is 3.67. The minimum absolute atomic E-state index is 0. The smallest absolute Gasteiger partial charge is 0.251 e. The number of amides is 1. The summed E-state index contributed by atoms with van der Waals surface area (Å²) in [5.74, 6) is 0.521. The lowest BCUT2D eigenvalue weighted by Gasteiger charge is -2.11. The maximum absolute atomic E-state index is 12.0. The first-order valence-corrected chi connectivity index (χ1v) is 7.34. The number of benzene rings is 1. The second-order valence-electron chi connectivity index (χ2n) is 5.45. The van der Waals surface area contributed by atoms with Crippen molar-refractivity contribution in [2.75, 3.05) is 11.9 Å². The van der Waals surface area contributed by atoms with Gasteiger partial charge in [0.05, 0.1) is 6.04 Å². The molecule has 6 nitrogen and oxygen atoms in total. The Hall–Kier alpha value is -2.18. The van der Waals surface area contributed by atoms with Crippen molar-refractivity contribution in [3.05, 3.63) is 46.4 Å². The summed E-state index contributed by atoms with van der Waals surface area (Å²) in [6, 6.07) is 8.63. The molecule has 0 aliphatic carbocycles. The fourth-order valence-electron chi connectivity index (χ4n) is 2.56. The molecule has 1 aliphatic rings. The average molecular weight is 335 g/mol. The summed E-state index contributed by atoms with van der Waals surface area (Å²) in [6.07, 6.45) is 1.90. The highest BCUT2D eigenvalue weighted by Crippen LogP contribution is 2.18. The van der Waals surface area contributed by atoms with Crippen LogP contribution in [0.3, 0.4) is 0 Å². The second kappa shape index (κ2) is 7.39. The van der Waals surface area contributed by atoms with Gasteiger partial charge in [-0.15, -0.1) is 12.4 Å². The number of nitrogens with zero attached hydrogens (tertiary/aromatic N) is 1. The number of aromatic nitrogens is 2. The monoisotopic (exact) mass is 334 g/mol. The Morgan fingerprint density at radius 3 is 2.65 bits per heavy atom. The van der Waals surface area contributed by atoms with E-state index < -0.39 is 0 Å². The highest BCUT2D eigenvalue weighted by atomic mass is 35.5. The Morgan fingerprint density at radius 2 is 2.04 bits per heavy atom. The number of carbonyl (C=O) groups is 1. The summed E-state index contributed by atoms with van der Waals surface area (Å²) >= 11 is 0. The van der Waals surface area contributed by atoms with Gasteiger partial charge in [-0.2, -0.15) is 0 Å². The Labute approximate surface area is 140 Å². The normalized spacial score (nSPS) is 16.7. The predicted octanol–water partition coefficient (Wildman–Crippen LogP) is 1.86. The molecule has 1 atom stereocenters. The molecular weight excluding hydrogens is 316 g/mol. The number of aromatic amines is 1. The van der Waals surface area contributed by atoms with E-state index in [1.165, 1.54) is 6.07 Å². The standard InChI is InChI=1S/C16H18N4O2.ClH/c1-10-9-14(21)20-15(18-10)11-4-6-12(7-5-11)19-16(22)13-3-2-8-17-13;/h4-7,9,13,17H,2-3,8H2,1H3,(H,19,22)(H,18,20,21);1H. The van der Waals surface area contributed by atoms with Crippen molar-refractivity contribution >= 4 is 24.0 Å². The summed E-state index contributed by atoms with van der Waals surface area (Å²) in [7, 11) is 0. The molecule has 1 saturated heterocycles. The first-order chi connectivity index (χ1) is 10.6. The van der Waals surface area contributed by atoms with Crippen LogP contribution in [0.5, 0.6) is 0 Å². The van der Waals surface area contributed by atoms with Gasteiger partial charge in [-0.3, -0.25) is 9.59 Å². The largest absolute Gasteiger partial charge is 0.325 e. The summed E-state index contributed by atoms with van der Waals surface area (Å²) < 4.78 is 0. The van der Waals surface area contributed by atoms with Crippen molar-refractivity contribution in [2.24, 2.45) is 0 Å². The minimum atomic E-state index is -0.174. The van der Waals surface area contributed by atoms with E-state index in [0.29, 0.717) is 11.5 Å². The van der Waals surface area contributed by atoms with Crippen LogP contribution in [0.4, 0.5) is 5.69 Å². The number of nitrogens with one attached hydrogen (secondary N) is 3. The third-order valence-electron chi connectivity index (χ3n) is 3.67. The fourth-order valence-corrected chi connectivity index (χ4v) is 2.56. The summed E-state index contributed by atoms with van der Waals surface area (Å²) in [5.41, 5.74) is 2.03. The Morgan fingerprint density at radius 1 is 1.30 bits per heavy atom. The number of hydrogen-bond acceptors (Lipinski definition) is 4. The molecule has 7 heteroatoms. The Kier molecular flexibility index (Phi) is 5.52. The summed E-state index contributed by atoms with van der Waals surface area (Å²) in [4.78, 5) is 30.5. The quantitative estimate of drug-likeness (QED) is 0.799. The first-order valence-electron chi connectivity index (χ1n) is 7.34. The second-order valence-corrected chi connectivity index (χ2v) is 5.45. The van der Waals surface area contributed by atoms with Crippen molar-refractivity contribution in [1.82, 2.24) is 15.3 Å². The van der Waals surface area contributed by atoms with Crippen LogP contribution in [0.15, 0.2) is 35.1 Å². The lowest BCUT2D eigenvalue weighted by molar-refractivity contribution is -0.117. The van der Waals surface area contributed by atoms with Crippen LogP contribution in [0.2, 0.25) is 0 Å². The molecule has 3 rings (SSSR count). The number of carbonyl (C=O) groups excluding carboxylic acids is 1. The van der Waals surface area contributed by atoms with Gasteiger partial charge in [0.1, 0.15) is 5.82 Å². The van der Waals surface area contributed by atoms with E-state index in [2.05, 4.69) is 20.6 Å². The number of hydrogen-bond donors (Lipinski definition) is 3. The zero-order valence-electron chi connectivity index (χ0n) is 12.8. The molecule has 0 bridgehead atoms. The van der Waals surface area contributed by atoms with Gasteiger partial charge in [0.2, 0.25) is 5.91 Å². The molecule has 0 radical (unpaired) electrons. The van der Waals surface area contributed by atoms with Crippen molar-refractivity contribution in [3.8, 4) is 11.4 Å². The molecule has 1 aromatic heterocycles. The van der Waals surface area contributed by atoms with Crippen LogP contribution >= 0.6 is 12.4 Å². The van der Waals surface area contributed by atoms with E-state index in [1.807, 2.05) is 24.3 Å².